The van der Waals surface area contributed by atoms with Crippen molar-refractivity contribution in [2.24, 2.45) is 11.8 Å². The van der Waals surface area contributed by atoms with Crippen LogP contribution in [-0.4, -0.2) is 24.5 Å². The monoisotopic (exact) mass is 314 g/mol. The number of nitriles is 1. The molecule has 0 radical (unpaired) electrons. The van der Waals surface area contributed by atoms with Crippen molar-refractivity contribution in [3.8, 4) is 6.07 Å². The zero-order valence-corrected chi connectivity index (χ0v) is 13.5. The molecule has 1 N–H and O–H groups in total. The molecule has 1 amide bonds. The van der Waals surface area contributed by atoms with Gasteiger partial charge in [0, 0.05) is 6.04 Å². The molecule has 0 heterocycles. The maximum Gasteiger partial charge on any atom is 0.338 e. The van der Waals surface area contributed by atoms with E-state index < -0.39 is 5.97 Å². The topological polar surface area (TPSA) is 79.2 Å². The van der Waals surface area contributed by atoms with E-state index in [1.54, 1.807) is 12.1 Å². The van der Waals surface area contributed by atoms with E-state index in [-0.39, 0.29) is 18.6 Å². The lowest BCUT2D eigenvalue weighted by Gasteiger charge is -2.34. The molecule has 1 saturated carbocycles. The third-order valence-corrected chi connectivity index (χ3v) is 4.64. The Bertz CT molecular complexity index is 604. The summed E-state index contributed by atoms with van der Waals surface area (Å²) >= 11 is 0. The standard InChI is InChI=1S/C18H22N2O3/c1-12-4-3-5-16(13(12)2)20-17(21)11-23-18(22)15-8-6-14(10-19)7-9-15/h6-9,12-13,16H,3-5,11H2,1-2H3,(H,20,21)/t12-,13+,16-/m1/s1. The fourth-order valence-corrected chi connectivity index (χ4v) is 2.93. The van der Waals surface area contributed by atoms with Gasteiger partial charge in [0.05, 0.1) is 17.2 Å². The minimum Gasteiger partial charge on any atom is -0.452 e. The predicted octanol–water partition coefficient (Wildman–Crippen LogP) is 2.66. The van der Waals surface area contributed by atoms with Gasteiger partial charge in [0.25, 0.3) is 5.91 Å². The van der Waals surface area contributed by atoms with Gasteiger partial charge in [0.15, 0.2) is 6.61 Å². The minimum atomic E-state index is -0.560. The maximum absolute atomic E-state index is 12.0. The first kappa shape index (κ1) is 17.0. The van der Waals surface area contributed by atoms with Crippen LogP contribution in [0.15, 0.2) is 24.3 Å². The average molecular weight is 314 g/mol. The van der Waals surface area contributed by atoms with Gasteiger partial charge in [0.1, 0.15) is 0 Å². The number of hydrogen-bond donors (Lipinski definition) is 1. The molecule has 5 nitrogen and oxygen atoms in total. The van der Waals surface area contributed by atoms with E-state index in [0.717, 1.165) is 12.8 Å². The van der Waals surface area contributed by atoms with E-state index >= 15 is 0 Å². The van der Waals surface area contributed by atoms with Gasteiger partial charge in [-0.1, -0.05) is 26.7 Å². The van der Waals surface area contributed by atoms with Gasteiger partial charge >= 0.3 is 5.97 Å². The second kappa shape index (κ2) is 7.77. The summed E-state index contributed by atoms with van der Waals surface area (Å²) < 4.78 is 5.03. The quantitative estimate of drug-likeness (QED) is 0.867. The second-order valence-corrected chi connectivity index (χ2v) is 6.21. The second-order valence-electron chi connectivity index (χ2n) is 6.21. The normalized spacial score (nSPS) is 23.6. The highest BCUT2D eigenvalue weighted by Crippen LogP contribution is 2.29. The van der Waals surface area contributed by atoms with Crippen molar-refractivity contribution in [2.45, 2.75) is 39.2 Å². The number of esters is 1. The number of ether oxygens (including phenoxy) is 1. The largest absolute Gasteiger partial charge is 0.452 e. The molecule has 0 aromatic heterocycles. The van der Waals surface area contributed by atoms with Gasteiger partial charge < -0.3 is 10.1 Å². The summed E-state index contributed by atoms with van der Waals surface area (Å²) in [5.74, 6) is 0.199. The fourth-order valence-electron chi connectivity index (χ4n) is 2.93. The van der Waals surface area contributed by atoms with E-state index in [4.69, 9.17) is 10.00 Å². The lowest BCUT2D eigenvalue weighted by atomic mass is 9.78. The van der Waals surface area contributed by atoms with Crippen LogP contribution in [0.1, 0.15) is 49.0 Å². The highest BCUT2D eigenvalue weighted by Gasteiger charge is 2.28. The van der Waals surface area contributed by atoms with Crippen LogP contribution in [0.4, 0.5) is 0 Å². The third kappa shape index (κ3) is 4.56. The number of hydrogen-bond acceptors (Lipinski definition) is 4. The Morgan fingerprint density at radius 1 is 1.26 bits per heavy atom. The summed E-state index contributed by atoms with van der Waals surface area (Å²) in [5.41, 5.74) is 0.802. The summed E-state index contributed by atoms with van der Waals surface area (Å²) in [6.07, 6.45) is 3.28. The molecule has 1 fully saturated rings. The van der Waals surface area contributed by atoms with E-state index in [0.29, 0.717) is 23.0 Å². The molecule has 1 aromatic rings. The van der Waals surface area contributed by atoms with Crippen LogP contribution in [0.2, 0.25) is 0 Å². The van der Waals surface area contributed by atoms with Crippen molar-refractivity contribution in [3.63, 3.8) is 0 Å². The van der Waals surface area contributed by atoms with Crippen LogP contribution < -0.4 is 5.32 Å². The molecule has 5 heteroatoms. The molecule has 1 aromatic carbocycles. The van der Waals surface area contributed by atoms with Gasteiger partial charge in [-0.15, -0.1) is 0 Å². The molecule has 23 heavy (non-hydrogen) atoms. The molecule has 0 unspecified atom stereocenters. The summed E-state index contributed by atoms with van der Waals surface area (Å²) in [6, 6.07) is 8.25. The Balaban J connectivity index is 1.81. The van der Waals surface area contributed by atoms with Gasteiger partial charge in [-0.05, 0) is 42.5 Å². The van der Waals surface area contributed by atoms with Crippen molar-refractivity contribution in [3.05, 3.63) is 35.4 Å². The zero-order valence-electron chi connectivity index (χ0n) is 13.5. The van der Waals surface area contributed by atoms with Gasteiger partial charge in [-0.2, -0.15) is 5.26 Å². The highest BCUT2D eigenvalue weighted by atomic mass is 16.5. The summed E-state index contributed by atoms with van der Waals surface area (Å²) in [5, 5.41) is 11.7. The number of carbonyl (C=O) groups is 2. The first-order valence-electron chi connectivity index (χ1n) is 7.98. The molecule has 2 rings (SSSR count). The predicted molar refractivity (Wildman–Crippen MR) is 85.5 cm³/mol. The van der Waals surface area contributed by atoms with Crippen molar-refractivity contribution in [1.29, 1.82) is 5.26 Å². The Kier molecular flexibility index (Phi) is 5.75. The number of amides is 1. The van der Waals surface area contributed by atoms with Crippen LogP contribution in [0.5, 0.6) is 0 Å². The van der Waals surface area contributed by atoms with E-state index in [9.17, 15) is 9.59 Å². The maximum atomic E-state index is 12.0. The number of benzene rings is 1. The molecule has 0 spiro atoms. The Hall–Kier alpha value is -2.35. The van der Waals surface area contributed by atoms with Crippen LogP contribution in [0.3, 0.4) is 0 Å². The molecule has 0 bridgehead atoms. The first-order valence-corrected chi connectivity index (χ1v) is 7.98. The van der Waals surface area contributed by atoms with E-state index in [1.165, 1.54) is 18.6 Å². The summed E-state index contributed by atoms with van der Waals surface area (Å²) in [6.45, 7) is 4.07. The van der Waals surface area contributed by atoms with E-state index in [2.05, 4.69) is 19.2 Å². The average Bonchev–Trinajstić information content (AvgIpc) is 2.57. The lowest BCUT2D eigenvalue weighted by Crippen LogP contribution is -2.45. The molecule has 1 aliphatic rings. The lowest BCUT2D eigenvalue weighted by molar-refractivity contribution is -0.125. The van der Waals surface area contributed by atoms with Crippen molar-refractivity contribution in [2.75, 3.05) is 6.61 Å². The zero-order chi connectivity index (χ0) is 16.8. The molecule has 1 aliphatic carbocycles. The Morgan fingerprint density at radius 2 is 1.96 bits per heavy atom. The van der Waals surface area contributed by atoms with Crippen molar-refractivity contribution < 1.29 is 14.3 Å². The van der Waals surface area contributed by atoms with Gasteiger partial charge in [-0.3, -0.25) is 4.79 Å². The van der Waals surface area contributed by atoms with Crippen molar-refractivity contribution in [1.82, 2.24) is 5.32 Å². The van der Waals surface area contributed by atoms with Crippen molar-refractivity contribution >= 4 is 11.9 Å². The van der Waals surface area contributed by atoms with Crippen LogP contribution in [0.25, 0.3) is 0 Å². The summed E-state index contributed by atoms with van der Waals surface area (Å²) in [4.78, 5) is 23.8. The molecule has 0 aliphatic heterocycles. The fraction of sp³-hybridized carbons (Fsp3) is 0.500. The first-order chi connectivity index (χ1) is 11.0. The molecular weight excluding hydrogens is 292 g/mol. The van der Waals surface area contributed by atoms with Gasteiger partial charge in [-0.25, -0.2) is 4.79 Å². The SMILES string of the molecule is C[C@H]1[C@H](C)CCC[C@H]1NC(=O)COC(=O)c1ccc(C#N)cc1. The van der Waals surface area contributed by atoms with Gasteiger partial charge in [0.2, 0.25) is 0 Å². The van der Waals surface area contributed by atoms with E-state index in [1.807, 2.05) is 6.07 Å². The van der Waals surface area contributed by atoms with Crippen LogP contribution in [-0.2, 0) is 9.53 Å². The molecule has 122 valence electrons. The minimum absolute atomic E-state index is 0.153. The number of rotatable bonds is 4. The number of nitrogens with zero attached hydrogens (tertiary/aromatic N) is 1. The smallest absolute Gasteiger partial charge is 0.338 e. The summed E-state index contributed by atoms with van der Waals surface area (Å²) in [7, 11) is 0. The highest BCUT2D eigenvalue weighted by molar-refractivity contribution is 5.91. The molecular formula is C18H22N2O3. The molecule has 3 atom stereocenters. The number of carbonyl (C=O) groups excluding carboxylic acids is 2. The van der Waals surface area contributed by atoms with Crippen LogP contribution in [0, 0.1) is 23.2 Å². The third-order valence-electron chi connectivity index (χ3n) is 4.64. The Labute approximate surface area is 136 Å². The van der Waals surface area contributed by atoms with Crippen LogP contribution >= 0.6 is 0 Å². The Morgan fingerprint density at radius 3 is 2.61 bits per heavy atom. The molecule has 0 saturated heterocycles. The number of nitrogens with one attached hydrogen (secondary N) is 1.